The number of nitrogens with two attached hydrogens (primary N) is 16. The minimum Gasteiger partial charge on any atom is -0.409 e. The van der Waals surface area contributed by atoms with Crippen LogP contribution in [0.1, 0.15) is 118 Å². The number of hydrogen-bond donors (Lipinski definition) is 35. The molecule has 1 saturated heterocycles. The molecule has 1 atom stereocenters. The maximum atomic E-state index is 8.69. The number of rotatable bonds is 64. The van der Waals surface area contributed by atoms with Gasteiger partial charge in [-0.15, -0.1) is 0 Å². The summed E-state index contributed by atoms with van der Waals surface area (Å²) in [7, 11) is 5.80. The lowest BCUT2D eigenvalue weighted by molar-refractivity contribution is 0.0449. The van der Waals surface area contributed by atoms with E-state index >= 15 is 0 Å². The van der Waals surface area contributed by atoms with Gasteiger partial charge in [0.25, 0.3) is 0 Å². The molecule has 1 fully saturated rings. The summed E-state index contributed by atoms with van der Waals surface area (Å²) in [4.78, 5) is 12.9. The van der Waals surface area contributed by atoms with E-state index in [2.05, 4.69) is 139 Å². The second kappa shape index (κ2) is 103. The van der Waals surface area contributed by atoms with E-state index in [1.54, 1.807) is 0 Å². The molecule has 0 aromatic heterocycles. The second-order valence-corrected chi connectivity index (χ2v) is 27.4. The van der Waals surface area contributed by atoms with Gasteiger partial charge in [0.1, 0.15) is 81.7 Å². The number of ether oxygens (including phenoxy) is 6. The summed E-state index contributed by atoms with van der Waals surface area (Å²) in [5.41, 5.74) is 85.0. The topological polar surface area (TPSA) is 1050 Å². The van der Waals surface area contributed by atoms with Gasteiger partial charge in [-0.05, 0) is 48.1 Å². The van der Waals surface area contributed by atoms with Crippen molar-refractivity contribution in [2.75, 3.05) is 231 Å². The Labute approximate surface area is 777 Å². The zero-order chi connectivity index (χ0) is 102. The lowest BCUT2D eigenvalue weighted by Gasteiger charge is -2.34. The molecule has 1 rings (SSSR count). The van der Waals surface area contributed by atoms with Gasteiger partial charge in [0.2, 0.25) is 0 Å². The van der Waals surface area contributed by atoms with Gasteiger partial charge in [0.15, 0.2) is 11.7 Å². The van der Waals surface area contributed by atoms with E-state index in [4.69, 9.17) is 203 Å². The van der Waals surface area contributed by atoms with Crippen LogP contribution in [0.5, 0.6) is 0 Å². The van der Waals surface area contributed by atoms with Crippen molar-refractivity contribution in [1.82, 2.24) is 45.3 Å². The van der Waals surface area contributed by atoms with Crippen LogP contribution in [0.2, 0.25) is 0 Å². The van der Waals surface area contributed by atoms with Crippen LogP contribution in [0, 0.1) is 0 Å². The molecule has 1 aliphatic heterocycles. The first-order valence-electron chi connectivity index (χ1n) is 41.8. The predicted molar refractivity (Wildman–Crippen MR) is 506 cm³/mol. The Kier molecular flexibility index (Phi) is 106. The van der Waals surface area contributed by atoms with Crippen LogP contribution in [0.3, 0.4) is 0 Å². The van der Waals surface area contributed by atoms with Gasteiger partial charge in [0, 0.05) is 207 Å². The van der Waals surface area contributed by atoms with Crippen LogP contribution in [-0.4, -0.2) is 443 Å². The van der Waals surface area contributed by atoms with Crippen molar-refractivity contribution in [2.45, 2.75) is 124 Å². The number of amidine groups is 16. The van der Waals surface area contributed by atoms with Crippen molar-refractivity contribution < 1.29 is 112 Å². The van der Waals surface area contributed by atoms with Crippen molar-refractivity contribution in [3.05, 3.63) is 0 Å². The highest BCUT2D eigenvalue weighted by Crippen LogP contribution is 2.06. The summed E-state index contributed by atoms with van der Waals surface area (Å²) in [5.74, 6) is 2.57. The van der Waals surface area contributed by atoms with Gasteiger partial charge < -0.3 is 249 Å². The molecule has 1 unspecified atom stereocenters. The Morgan fingerprint density at radius 3 is 0.774 bits per heavy atom. The van der Waals surface area contributed by atoms with Gasteiger partial charge in [-0.3, -0.25) is 0 Å². The minimum atomic E-state index is 0.0377. The summed E-state index contributed by atoms with van der Waals surface area (Å²) in [5, 5.41) is 188. The number of oxime groups is 16. The van der Waals surface area contributed by atoms with Crippen molar-refractivity contribution in [3.8, 4) is 0 Å². The van der Waals surface area contributed by atoms with Crippen LogP contribution < -0.4 is 108 Å². The van der Waals surface area contributed by atoms with Crippen LogP contribution in [0.25, 0.3) is 0 Å². The SMILES string of the molecule is CCN(CC)C(C)C/C(N)=N\O.CCOCCOCC/C(N)=N/O.CN(C)CCOCCOCC/C(N)=N/O.CNCC/C(N)=N/O.N/C(CCN(CC/C(N)=N/O)CCN(CC/C(N)=N/O)CC/C(N)=N\O)=N\O.N/C(CCN1CCN(CC/C(N)=N\O)CC1)=N\O.N/C(CCNCC/C(N)=N\O)=N\O.N/C(CCOCCOCC/C(N)=N\O)=N\O.N/C(CNC/C(N)=N\O)=N\O. The summed E-state index contributed by atoms with van der Waals surface area (Å²) in [6.07, 6.45) is 6.34. The summed E-state index contributed by atoms with van der Waals surface area (Å²) >= 11 is 0. The monoisotopic (exact) mass is 1930 g/mol. The van der Waals surface area contributed by atoms with E-state index in [1.165, 1.54) is 0 Å². The number of likely N-dealkylation sites (N-methyl/N-ethyl adjacent to an activating group) is 1. The Bertz CT molecular complexity index is 3030. The Morgan fingerprint density at radius 1 is 0.286 bits per heavy atom. The molecule has 0 radical (unpaired) electrons. The molecule has 0 saturated carbocycles. The molecule has 51 N–H and O–H groups in total. The highest BCUT2D eigenvalue weighted by atomic mass is 16.5. The molecule has 133 heavy (non-hydrogen) atoms. The molecule has 1 aliphatic rings. The van der Waals surface area contributed by atoms with E-state index in [0.29, 0.717) is 233 Å². The van der Waals surface area contributed by atoms with Gasteiger partial charge >= 0.3 is 0 Å². The average molecular weight is 1930 g/mol. The molecule has 63 heteroatoms. The van der Waals surface area contributed by atoms with Crippen LogP contribution in [-0.2, 0) is 28.4 Å². The number of hydrogen-bond acceptors (Lipinski definition) is 47. The largest absolute Gasteiger partial charge is 0.409 e. The fraction of sp³-hybridized carbons (Fsp3) is 0.771. The van der Waals surface area contributed by atoms with E-state index in [1.807, 2.05) is 37.9 Å². The maximum absolute atomic E-state index is 8.69. The Morgan fingerprint density at radius 2 is 0.526 bits per heavy atom. The second-order valence-electron chi connectivity index (χ2n) is 27.4. The fourth-order valence-corrected chi connectivity index (χ4v) is 8.96. The first-order valence-corrected chi connectivity index (χ1v) is 41.8. The van der Waals surface area contributed by atoms with E-state index in [-0.39, 0.29) is 101 Å². The van der Waals surface area contributed by atoms with Crippen LogP contribution >= 0.6 is 0 Å². The summed E-state index contributed by atoms with van der Waals surface area (Å²) < 4.78 is 30.9. The van der Waals surface area contributed by atoms with Crippen molar-refractivity contribution >= 4 is 93.4 Å². The normalized spacial score (nSPS) is 14.2. The molecular formula is C70H165N41O22. The molecule has 0 aromatic rings. The zero-order valence-electron chi connectivity index (χ0n) is 78.3. The van der Waals surface area contributed by atoms with Gasteiger partial charge in [-0.1, -0.05) is 96.3 Å². The minimum absolute atomic E-state index is 0.0377. The van der Waals surface area contributed by atoms with Gasteiger partial charge in [-0.25, -0.2) is 0 Å². The highest BCUT2D eigenvalue weighted by Gasteiger charge is 2.18. The third-order valence-electron chi connectivity index (χ3n) is 16.7. The smallest absolute Gasteiger partial charge is 0.153 e. The van der Waals surface area contributed by atoms with Gasteiger partial charge in [0.05, 0.1) is 85.8 Å². The van der Waals surface area contributed by atoms with E-state index in [0.717, 1.165) is 65.4 Å². The number of nitrogens with zero attached hydrogens (tertiary/aromatic N) is 22. The fourth-order valence-electron chi connectivity index (χ4n) is 8.96. The highest BCUT2D eigenvalue weighted by molar-refractivity contribution is 5.86. The van der Waals surface area contributed by atoms with E-state index in [9.17, 15) is 0 Å². The zero-order valence-corrected chi connectivity index (χ0v) is 78.3. The van der Waals surface area contributed by atoms with E-state index < -0.39 is 0 Å². The van der Waals surface area contributed by atoms with Crippen LogP contribution in [0.4, 0.5) is 0 Å². The molecule has 782 valence electrons. The molecular weight excluding hydrogens is 1770 g/mol. The first-order chi connectivity index (χ1) is 63.5. The van der Waals surface area contributed by atoms with Crippen molar-refractivity contribution in [3.63, 3.8) is 0 Å². The number of piperazine rings is 1. The molecule has 0 amide bonds. The quantitative estimate of drug-likeness (QED) is 0.00885. The molecule has 0 spiro atoms. The molecule has 0 aliphatic carbocycles. The van der Waals surface area contributed by atoms with Crippen LogP contribution in [0.15, 0.2) is 82.5 Å². The Hall–Kier alpha value is -12.3. The van der Waals surface area contributed by atoms with Crippen molar-refractivity contribution in [2.24, 2.45) is 174 Å². The third kappa shape index (κ3) is 107. The first kappa shape index (κ1) is 136. The molecule has 1 heterocycles. The molecule has 63 nitrogen and oxygen atoms in total. The summed E-state index contributed by atoms with van der Waals surface area (Å²) in [6.45, 7) is 28.2. The molecule has 0 bridgehead atoms. The maximum Gasteiger partial charge on any atom is 0.153 e. The van der Waals surface area contributed by atoms with Gasteiger partial charge in [-0.2, -0.15) is 0 Å². The molecule has 0 aromatic carbocycles. The average Bonchev–Trinajstić information content (AvgIpc) is 0.927. The lowest BCUT2D eigenvalue weighted by Crippen LogP contribution is -2.47. The number of nitrogens with one attached hydrogen (secondary N) is 3. The predicted octanol–water partition coefficient (Wildman–Crippen LogP) is -6.69. The standard InChI is InChI=1S/C14H32N10O4.C10H22N6O2.C9H21N3O3.C8H18N4O4.C8H19N3O.C7H16N2O3.C6H15N5O2.C4H11N5O2.C4H11N3O/c15-11(19-25)1-5-23(6-2-12(16)20-26)9-10-24(7-3-13(17)21-27)8-4-14(18)22-28;11-9(13-17)1-3-15-5-7-16(8-6-15)4-2-10(12)14-18;1-12(2)4-6-15-8-7-14-5-3-9(10)11-13;9-7(11-13)1-3-15-5-6-16-4-2-8(10)12-14;1-4-11(5-2)7(3)6-8(9)10-12;1-2-11-5-6-12-4-3-7(8)9-10;7-5(10-12)1-3-9-4-2-6(8)11-13;5-3(8-10)1-7-2-4(6)9-11;1-6-3-2-4(5)7-8/h25-28H,1-10H2,(H2,15,19)(H2,16,20)(H2,17,21)(H2,18,22);17-18H,1-8H2,(H2,11,13)(H2,12,14);13H,3-8H2,1-2H3,(H2,10,11);13-14H,1-6H2,(H2,9,11)(H2,10,12);7,12H,4-6H2,1-3H3,(H2,9,10);10H,2-6H2,1H3,(H2,8,9);9,12-13H,1-4H2,(H2,7,10)(H2,8,11);7,10-11H,1-2H2,(H2,5,8)(H2,6,9);6,8H,2-3H2,1H3,(H2,5,7). The summed E-state index contributed by atoms with van der Waals surface area (Å²) in [6, 6.07) is 0.343. The Balaban J connectivity index is -0.000000225. The third-order valence-corrected chi connectivity index (χ3v) is 16.7. The lowest BCUT2D eigenvalue weighted by atomic mass is 10.2. The van der Waals surface area contributed by atoms with Crippen molar-refractivity contribution in [1.29, 1.82) is 0 Å².